The summed E-state index contributed by atoms with van der Waals surface area (Å²) in [5, 5.41) is 23.6. The standard InChI is InChI=1S/C50H89NO5/c1-4-7-10-13-16-19-21-23-24-25-26-27-30-32-35-38-41-46(56-50(55)43-40-37-34-31-28-22-20-17-14-11-8-5-2)44-49(54)51-47(45-52)48(53)42-39-36-33-29-18-15-12-9-6-3/h16-17,19-21,23-27,46-48,52-53H,4-15,18,22,28-45H2,1-3H3,(H,51,54)/b19-16+,20-17-,23-21+,25-24+,27-26+. The number of hydrogen-bond donors (Lipinski definition) is 3. The van der Waals surface area contributed by atoms with Gasteiger partial charge in [-0.25, -0.2) is 0 Å². The van der Waals surface area contributed by atoms with Crippen molar-refractivity contribution in [3.63, 3.8) is 0 Å². The number of unbranched alkanes of at least 4 members (excludes halogenated alkanes) is 22. The lowest BCUT2D eigenvalue weighted by atomic mass is 10.0. The van der Waals surface area contributed by atoms with Gasteiger partial charge in [0.15, 0.2) is 0 Å². The third kappa shape index (κ3) is 38.4. The molecule has 3 atom stereocenters. The second kappa shape index (κ2) is 43.7. The fraction of sp³-hybridized carbons (Fsp3) is 0.760. The number of amides is 1. The number of ether oxygens (including phenoxy) is 1. The van der Waals surface area contributed by atoms with E-state index in [0.717, 1.165) is 77.0 Å². The number of aliphatic hydroxyl groups excluding tert-OH is 2. The van der Waals surface area contributed by atoms with Crippen LogP contribution in [0.4, 0.5) is 0 Å². The van der Waals surface area contributed by atoms with Gasteiger partial charge in [-0.1, -0.05) is 191 Å². The SMILES string of the molecule is CCCCC/C=C\CCCCCCCC(=O)OC(CCCCC/C=C/C=C/C=C/C=C/CCCCC)CC(=O)NC(CO)C(O)CCCCCCCCCCC. The Kier molecular flexibility index (Phi) is 41.8. The lowest BCUT2D eigenvalue weighted by Gasteiger charge is -2.24. The van der Waals surface area contributed by atoms with Crippen molar-refractivity contribution in [2.45, 2.75) is 238 Å². The van der Waals surface area contributed by atoms with E-state index in [9.17, 15) is 19.8 Å². The van der Waals surface area contributed by atoms with Crippen LogP contribution in [-0.2, 0) is 14.3 Å². The number of allylic oxidation sites excluding steroid dienone is 10. The molecule has 56 heavy (non-hydrogen) atoms. The summed E-state index contributed by atoms with van der Waals surface area (Å²) in [7, 11) is 0. The Hall–Kier alpha value is -2.44. The molecule has 0 aliphatic carbocycles. The molecule has 0 rings (SSSR count). The molecule has 3 N–H and O–H groups in total. The number of nitrogens with one attached hydrogen (secondary N) is 1. The monoisotopic (exact) mass is 784 g/mol. The average molecular weight is 784 g/mol. The molecule has 0 aliphatic heterocycles. The highest BCUT2D eigenvalue weighted by Gasteiger charge is 2.24. The number of aliphatic hydroxyl groups is 2. The van der Waals surface area contributed by atoms with Crippen molar-refractivity contribution >= 4 is 11.9 Å². The molecule has 0 radical (unpaired) electrons. The van der Waals surface area contributed by atoms with E-state index in [4.69, 9.17) is 4.74 Å². The number of rotatable bonds is 41. The van der Waals surface area contributed by atoms with E-state index in [2.05, 4.69) is 80.8 Å². The topological polar surface area (TPSA) is 95.9 Å². The highest BCUT2D eigenvalue weighted by molar-refractivity contribution is 5.77. The van der Waals surface area contributed by atoms with Crippen molar-refractivity contribution in [3.05, 3.63) is 60.8 Å². The summed E-state index contributed by atoms with van der Waals surface area (Å²) in [6.45, 7) is 6.37. The number of esters is 1. The van der Waals surface area contributed by atoms with Crippen molar-refractivity contribution < 1.29 is 24.5 Å². The summed E-state index contributed by atoms with van der Waals surface area (Å²) in [6, 6.07) is -0.715. The van der Waals surface area contributed by atoms with Crippen LogP contribution < -0.4 is 5.32 Å². The summed E-state index contributed by atoms with van der Waals surface area (Å²) in [5.74, 6) is -0.527. The molecule has 0 bridgehead atoms. The van der Waals surface area contributed by atoms with E-state index in [1.807, 2.05) is 6.08 Å². The van der Waals surface area contributed by atoms with Gasteiger partial charge < -0.3 is 20.3 Å². The second-order valence-corrected chi connectivity index (χ2v) is 15.9. The minimum absolute atomic E-state index is 0.0467. The first-order valence-electron chi connectivity index (χ1n) is 23.6. The first kappa shape index (κ1) is 53.6. The molecular weight excluding hydrogens is 695 g/mol. The smallest absolute Gasteiger partial charge is 0.306 e. The third-order valence-corrected chi connectivity index (χ3v) is 10.4. The Bertz CT molecular complexity index is 1010. The van der Waals surface area contributed by atoms with E-state index in [1.165, 1.54) is 96.3 Å². The van der Waals surface area contributed by atoms with E-state index in [-0.39, 0.29) is 24.9 Å². The minimum atomic E-state index is -0.799. The van der Waals surface area contributed by atoms with Crippen LogP contribution in [-0.4, -0.2) is 46.9 Å². The molecule has 0 fully saturated rings. The molecule has 0 aromatic heterocycles. The van der Waals surface area contributed by atoms with Gasteiger partial charge in [0.05, 0.1) is 25.2 Å². The van der Waals surface area contributed by atoms with E-state index < -0.39 is 18.2 Å². The van der Waals surface area contributed by atoms with E-state index in [1.54, 1.807) is 0 Å². The van der Waals surface area contributed by atoms with Crippen molar-refractivity contribution in [3.8, 4) is 0 Å². The fourth-order valence-electron chi connectivity index (χ4n) is 6.79. The van der Waals surface area contributed by atoms with Crippen molar-refractivity contribution in [1.82, 2.24) is 5.32 Å². The van der Waals surface area contributed by atoms with Gasteiger partial charge in [-0.15, -0.1) is 0 Å². The first-order chi connectivity index (χ1) is 27.5. The van der Waals surface area contributed by atoms with Gasteiger partial charge in [0, 0.05) is 6.42 Å². The van der Waals surface area contributed by atoms with Crippen LogP contribution in [0.1, 0.15) is 220 Å². The van der Waals surface area contributed by atoms with Crippen LogP contribution in [0.5, 0.6) is 0 Å². The zero-order valence-electron chi connectivity index (χ0n) is 36.8. The van der Waals surface area contributed by atoms with Crippen LogP contribution in [0.2, 0.25) is 0 Å². The third-order valence-electron chi connectivity index (χ3n) is 10.4. The van der Waals surface area contributed by atoms with Crippen LogP contribution in [0.15, 0.2) is 60.8 Å². The van der Waals surface area contributed by atoms with E-state index >= 15 is 0 Å². The van der Waals surface area contributed by atoms with Crippen molar-refractivity contribution in [2.24, 2.45) is 0 Å². The number of hydrogen-bond acceptors (Lipinski definition) is 5. The Balaban J connectivity index is 4.73. The second-order valence-electron chi connectivity index (χ2n) is 15.9. The van der Waals surface area contributed by atoms with E-state index in [0.29, 0.717) is 19.3 Å². The van der Waals surface area contributed by atoms with Crippen LogP contribution in [0, 0.1) is 0 Å². The number of carbonyl (C=O) groups excluding carboxylic acids is 2. The van der Waals surface area contributed by atoms with Gasteiger partial charge in [0.2, 0.25) is 5.91 Å². The molecule has 0 aliphatic rings. The molecule has 3 unspecified atom stereocenters. The molecule has 0 aromatic carbocycles. The van der Waals surface area contributed by atoms with Crippen molar-refractivity contribution in [1.29, 1.82) is 0 Å². The van der Waals surface area contributed by atoms with Gasteiger partial charge in [-0.2, -0.15) is 0 Å². The maximum absolute atomic E-state index is 13.1. The van der Waals surface area contributed by atoms with Gasteiger partial charge in [0.25, 0.3) is 0 Å². The Labute approximate surface area is 346 Å². The van der Waals surface area contributed by atoms with Crippen molar-refractivity contribution in [2.75, 3.05) is 6.61 Å². The van der Waals surface area contributed by atoms with Crippen LogP contribution in [0.25, 0.3) is 0 Å². The lowest BCUT2D eigenvalue weighted by Crippen LogP contribution is -2.46. The zero-order chi connectivity index (χ0) is 41.0. The molecule has 0 saturated heterocycles. The fourth-order valence-corrected chi connectivity index (χ4v) is 6.79. The van der Waals surface area contributed by atoms with Gasteiger partial charge in [0.1, 0.15) is 6.10 Å². The summed E-state index contributed by atoms with van der Waals surface area (Å²) >= 11 is 0. The highest BCUT2D eigenvalue weighted by atomic mass is 16.5. The molecule has 0 aromatic rings. The summed E-state index contributed by atoms with van der Waals surface area (Å²) in [4.78, 5) is 26.0. The van der Waals surface area contributed by atoms with Gasteiger partial charge in [-0.3, -0.25) is 9.59 Å². The molecule has 6 heteroatoms. The molecule has 6 nitrogen and oxygen atoms in total. The largest absolute Gasteiger partial charge is 0.462 e. The molecule has 1 amide bonds. The predicted molar refractivity (Wildman–Crippen MR) is 241 cm³/mol. The molecular formula is C50H89NO5. The molecule has 0 heterocycles. The predicted octanol–water partition coefficient (Wildman–Crippen LogP) is 13.7. The summed E-state index contributed by atoms with van der Waals surface area (Å²) in [6.07, 6.45) is 52.7. The summed E-state index contributed by atoms with van der Waals surface area (Å²) < 4.78 is 5.89. The van der Waals surface area contributed by atoms with Gasteiger partial charge >= 0.3 is 5.97 Å². The quantitative estimate of drug-likeness (QED) is 0.0248. The van der Waals surface area contributed by atoms with Crippen LogP contribution in [0.3, 0.4) is 0 Å². The average Bonchev–Trinajstić information content (AvgIpc) is 3.19. The molecule has 0 spiro atoms. The lowest BCUT2D eigenvalue weighted by molar-refractivity contribution is -0.151. The Morgan fingerprint density at radius 2 is 0.929 bits per heavy atom. The molecule has 324 valence electrons. The normalized spacial score (nSPS) is 13.9. The first-order valence-corrected chi connectivity index (χ1v) is 23.6. The van der Waals surface area contributed by atoms with Crippen LogP contribution >= 0.6 is 0 Å². The Morgan fingerprint density at radius 1 is 0.518 bits per heavy atom. The maximum atomic E-state index is 13.1. The number of carbonyl (C=O) groups is 2. The Morgan fingerprint density at radius 3 is 1.48 bits per heavy atom. The molecule has 0 saturated carbocycles. The maximum Gasteiger partial charge on any atom is 0.306 e. The summed E-state index contributed by atoms with van der Waals surface area (Å²) in [5.41, 5.74) is 0. The minimum Gasteiger partial charge on any atom is -0.462 e. The highest BCUT2D eigenvalue weighted by Crippen LogP contribution is 2.17. The zero-order valence-corrected chi connectivity index (χ0v) is 36.8. The van der Waals surface area contributed by atoms with Gasteiger partial charge in [-0.05, 0) is 77.0 Å².